The molecule has 1 aromatic carbocycles. The molecule has 2 aromatic rings. The second kappa shape index (κ2) is 4.73. The molecule has 0 fully saturated rings. The number of rotatable bonds is 3. The number of ketones is 1. The maximum atomic E-state index is 13.6. The number of hydrogen-bond acceptors (Lipinski definition) is 4. The van der Waals surface area contributed by atoms with E-state index in [4.69, 9.17) is 10.5 Å². The van der Waals surface area contributed by atoms with Crippen molar-refractivity contribution in [1.82, 2.24) is 0 Å². The second-order valence-corrected chi connectivity index (χ2v) is 4.42. The molecule has 0 radical (unpaired) electrons. The zero-order valence-electron chi connectivity index (χ0n) is 9.37. The van der Waals surface area contributed by atoms with Crippen LogP contribution in [-0.4, -0.2) is 12.9 Å². The Morgan fingerprint density at radius 3 is 2.72 bits per heavy atom. The lowest BCUT2D eigenvalue weighted by molar-refractivity contribution is 0.103. The van der Waals surface area contributed by atoms with Crippen molar-refractivity contribution in [2.75, 3.05) is 12.8 Å². The van der Waals surface area contributed by atoms with Crippen LogP contribution in [0.25, 0.3) is 0 Å². The summed E-state index contributed by atoms with van der Waals surface area (Å²) < 4.78 is 31.6. The third-order valence-corrected chi connectivity index (χ3v) is 3.28. The van der Waals surface area contributed by atoms with Crippen LogP contribution in [0, 0.1) is 11.6 Å². The number of carbonyl (C=O) groups is 1. The van der Waals surface area contributed by atoms with Crippen LogP contribution >= 0.6 is 11.3 Å². The van der Waals surface area contributed by atoms with E-state index in [1.54, 1.807) is 11.4 Å². The van der Waals surface area contributed by atoms with E-state index in [2.05, 4.69) is 0 Å². The fourth-order valence-electron chi connectivity index (χ4n) is 1.49. The van der Waals surface area contributed by atoms with Crippen LogP contribution in [-0.2, 0) is 0 Å². The summed E-state index contributed by atoms with van der Waals surface area (Å²) in [5.74, 6) is -2.05. The predicted molar refractivity (Wildman–Crippen MR) is 65.1 cm³/mol. The van der Waals surface area contributed by atoms with Crippen molar-refractivity contribution in [2.24, 2.45) is 0 Å². The van der Waals surface area contributed by atoms with E-state index in [1.807, 2.05) is 0 Å². The van der Waals surface area contributed by atoms with Crippen LogP contribution in [0.3, 0.4) is 0 Å². The molecule has 0 saturated heterocycles. The van der Waals surface area contributed by atoms with Gasteiger partial charge in [0.15, 0.2) is 0 Å². The van der Waals surface area contributed by atoms with Gasteiger partial charge in [-0.2, -0.15) is 0 Å². The van der Waals surface area contributed by atoms with E-state index in [1.165, 1.54) is 7.11 Å². The van der Waals surface area contributed by atoms with Crippen molar-refractivity contribution >= 4 is 22.8 Å². The van der Waals surface area contributed by atoms with Gasteiger partial charge in [0.2, 0.25) is 5.78 Å². The van der Waals surface area contributed by atoms with Crippen molar-refractivity contribution in [3.8, 4) is 5.75 Å². The molecular formula is C12H9F2NO2S. The molecule has 0 bridgehead atoms. The summed E-state index contributed by atoms with van der Waals surface area (Å²) in [7, 11) is 1.41. The SMILES string of the molecule is COc1ccsc1C(=O)c1cc(N)c(F)cc1F. The number of halogens is 2. The van der Waals surface area contributed by atoms with E-state index in [0.29, 0.717) is 11.8 Å². The van der Waals surface area contributed by atoms with Gasteiger partial charge >= 0.3 is 0 Å². The summed E-state index contributed by atoms with van der Waals surface area (Å²) in [6.07, 6.45) is 0. The van der Waals surface area contributed by atoms with E-state index in [0.717, 1.165) is 17.4 Å². The molecule has 1 aromatic heterocycles. The summed E-state index contributed by atoms with van der Waals surface area (Å²) in [6.45, 7) is 0. The van der Waals surface area contributed by atoms with Gasteiger partial charge < -0.3 is 10.5 Å². The Labute approximate surface area is 106 Å². The molecule has 1 heterocycles. The molecule has 0 unspecified atom stereocenters. The molecule has 3 nitrogen and oxygen atoms in total. The van der Waals surface area contributed by atoms with Gasteiger partial charge in [-0.3, -0.25) is 4.79 Å². The first-order valence-corrected chi connectivity index (χ1v) is 5.83. The van der Waals surface area contributed by atoms with Crippen LogP contribution in [0.2, 0.25) is 0 Å². The Morgan fingerprint density at radius 1 is 1.33 bits per heavy atom. The van der Waals surface area contributed by atoms with Crippen molar-refractivity contribution in [3.05, 3.63) is 45.7 Å². The average molecular weight is 269 g/mol. The Hall–Kier alpha value is -1.95. The molecule has 94 valence electrons. The van der Waals surface area contributed by atoms with Gasteiger partial charge in [-0.1, -0.05) is 0 Å². The molecule has 0 amide bonds. The highest BCUT2D eigenvalue weighted by molar-refractivity contribution is 7.12. The average Bonchev–Trinajstić information content (AvgIpc) is 2.81. The molecular weight excluding hydrogens is 260 g/mol. The van der Waals surface area contributed by atoms with E-state index in [-0.39, 0.29) is 16.1 Å². The summed E-state index contributed by atoms with van der Waals surface area (Å²) in [5, 5.41) is 1.65. The molecule has 18 heavy (non-hydrogen) atoms. The highest BCUT2D eigenvalue weighted by atomic mass is 32.1. The molecule has 2 N–H and O–H groups in total. The van der Waals surface area contributed by atoms with Crippen LogP contribution in [0.4, 0.5) is 14.5 Å². The Morgan fingerprint density at radius 2 is 2.06 bits per heavy atom. The lowest BCUT2D eigenvalue weighted by Gasteiger charge is -2.05. The number of methoxy groups -OCH3 is 1. The topological polar surface area (TPSA) is 52.3 Å². The first kappa shape index (κ1) is 12.5. The van der Waals surface area contributed by atoms with Gasteiger partial charge in [-0.15, -0.1) is 11.3 Å². The number of nitrogen functional groups attached to an aromatic ring is 1. The van der Waals surface area contributed by atoms with Crippen molar-refractivity contribution in [2.45, 2.75) is 0 Å². The summed E-state index contributed by atoms with van der Waals surface area (Å²) in [4.78, 5) is 12.3. The van der Waals surface area contributed by atoms with Crippen LogP contribution in [0.1, 0.15) is 15.2 Å². The molecule has 0 spiro atoms. The van der Waals surface area contributed by atoms with Gasteiger partial charge in [-0.05, 0) is 17.5 Å². The third kappa shape index (κ3) is 2.06. The standard InChI is InChI=1S/C12H9F2NO2S/c1-17-10-2-3-18-12(10)11(16)6-4-9(15)8(14)5-7(6)13/h2-5H,15H2,1H3. The number of hydrogen-bond donors (Lipinski definition) is 1. The largest absolute Gasteiger partial charge is 0.495 e. The summed E-state index contributed by atoms with van der Waals surface area (Å²) in [5.41, 5.74) is 4.79. The van der Waals surface area contributed by atoms with Crippen LogP contribution < -0.4 is 10.5 Å². The quantitative estimate of drug-likeness (QED) is 0.688. The third-order valence-electron chi connectivity index (χ3n) is 2.39. The van der Waals surface area contributed by atoms with E-state index >= 15 is 0 Å². The minimum atomic E-state index is -0.942. The number of thiophene rings is 1. The molecule has 2 rings (SSSR count). The molecule has 0 aliphatic carbocycles. The molecule has 6 heteroatoms. The monoisotopic (exact) mass is 269 g/mol. The lowest BCUT2D eigenvalue weighted by Crippen LogP contribution is -2.06. The van der Waals surface area contributed by atoms with Gasteiger partial charge in [0.1, 0.15) is 22.3 Å². The second-order valence-electron chi connectivity index (χ2n) is 3.50. The van der Waals surface area contributed by atoms with Crippen LogP contribution in [0.15, 0.2) is 23.6 Å². The maximum absolute atomic E-state index is 13.6. The first-order chi connectivity index (χ1) is 8.54. The van der Waals surface area contributed by atoms with Crippen molar-refractivity contribution in [3.63, 3.8) is 0 Å². The Bertz CT molecular complexity index is 610. The van der Waals surface area contributed by atoms with Gasteiger partial charge in [0.05, 0.1) is 18.4 Å². The van der Waals surface area contributed by atoms with E-state index in [9.17, 15) is 13.6 Å². The highest BCUT2D eigenvalue weighted by Crippen LogP contribution is 2.29. The lowest BCUT2D eigenvalue weighted by atomic mass is 10.1. The Kier molecular flexibility index (Phi) is 3.29. The van der Waals surface area contributed by atoms with Gasteiger partial charge in [0.25, 0.3) is 0 Å². The summed E-state index contributed by atoms with van der Waals surface area (Å²) in [6, 6.07) is 3.19. The predicted octanol–water partition coefficient (Wildman–Crippen LogP) is 2.85. The van der Waals surface area contributed by atoms with Gasteiger partial charge in [-0.25, -0.2) is 8.78 Å². The minimum Gasteiger partial charge on any atom is -0.495 e. The first-order valence-electron chi connectivity index (χ1n) is 4.95. The zero-order valence-corrected chi connectivity index (χ0v) is 10.2. The zero-order chi connectivity index (χ0) is 13.3. The number of nitrogens with two attached hydrogens (primary N) is 1. The number of benzene rings is 1. The maximum Gasteiger partial charge on any atom is 0.209 e. The highest BCUT2D eigenvalue weighted by Gasteiger charge is 2.21. The normalized spacial score (nSPS) is 10.4. The van der Waals surface area contributed by atoms with Gasteiger partial charge in [0, 0.05) is 6.07 Å². The number of anilines is 1. The molecule has 0 aliphatic rings. The number of ether oxygens (including phenoxy) is 1. The van der Waals surface area contributed by atoms with E-state index < -0.39 is 17.4 Å². The fraction of sp³-hybridized carbons (Fsp3) is 0.0833. The van der Waals surface area contributed by atoms with Crippen molar-refractivity contribution < 1.29 is 18.3 Å². The molecule has 0 aliphatic heterocycles. The van der Waals surface area contributed by atoms with Crippen LogP contribution in [0.5, 0.6) is 5.75 Å². The molecule has 0 saturated carbocycles. The minimum absolute atomic E-state index is 0.252. The molecule has 0 atom stereocenters. The fourth-order valence-corrected chi connectivity index (χ4v) is 2.30. The number of carbonyl (C=O) groups excluding carboxylic acids is 1. The smallest absolute Gasteiger partial charge is 0.209 e. The Balaban J connectivity index is 2.50. The summed E-state index contributed by atoms with van der Waals surface area (Å²) >= 11 is 1.12. The van der Waals surface area contributed by atoms with Crippen molar-refractivity contribution in [1.29, 1.82) is 0 Å².